The Morgan fingerprint density at radius 1 is 0.958 bits per heavy atom. The van der Waals surface area contributed by atoms with Crippen LogP contribution >= 0.6 is 0 Å². The van der Waals surface area contributed by atoms with Gasteiger partial charge >= 0.3 is 0 Å². The van der Waals surface area contributed by atoms with Crippen LogP contribution in [-0.2, 0) is 0 Å². The zero-order valence-electron chi connectivity index (χ0n) is 15.6. The number of hydrogen-bond acceptors (Lipinski definition) is 2. The highest BCUT2D eigenvalue weighted by Gasteiger charge is 2.19. The molecule has 1 aromatic carbocycles. The zero-order valence-corrected chi connectivity index (χ0v) is 15.6. The van der Waals surface area contributed by atoms with E-state index in [-0.39, 0.29) is 0 Å². The van der Waals surface area contributed by atoms with E-state index < -0.39 is 0 Å². The summed E-state index contributed by atoms with van der Waals surface area (Å²) in [6.07, 6.45) is 0. The fourth-order valence-corrected chi connectivity index (χ4v) is 3.53. The second kappa shape index (κ2) is 6.31. The molecule has 3 heteroatoms. The smallest absolute Gasteiger partial charge is 0.207 e. The lowest BCUT2D eigenvalue weighted by Crippen LogP contribution is -2.77. The summed E-state index contributed by atoms with van der Waals surface area (Å²) in [5, 5.41) is 5.80. The van der Waals surface area contributed by atoms with Crippen LogP contribution in [0.25, 0.3) is 22.3 Å². The molecule has 2 N–H and O–H groups in total. The molecular weight excluding hydrogens is 296 g/mol. The van der Waals surface area contributed by atoms with E-state index in [9.17, 15) is 0 Å². The van der Waals surface area contributed by atoms with Crippen molar-refractivity contribution < 1.29 is 9.41 Å². The fraction of sp³-hybridized carbons (Fsp3) is 0.381. The Bertz CT molecular complexity index is 951. The van der Waals surface area contributed by atoms with E-state index in [0.717, 1.165) is 30.1 Å². The Labute approximate surface area is 143 Å². The van der Waals surface area contributed by atoms with Gasteiger partial charge in [0.1, 0.15) is 17.9 Å². The summed E-state index contributed by atoms with van der Waals surface area (Å²) in [4.78, 5) is 3.47. The number of nitrogens with one attached hydrogen (secondary N) is 2. The maximum absolute atomic E-state index is 6.36. The van der Waals surface area contributed by atoms with Gasteiger partial charge < -0.3 is 9.73 Å². The van der Waals surface area contributed by atoms with Crippen molar-refractivity contribution in [2.24, 2.45) is 0 Å². The minimum atomic E-state index is 0.904. The summed E-state index contributed by atoms with van der Waals surface area (Å²) in [6.45, 7) is 14.7. The minimum Gasteiger partial charge on any atom is -0.455 e. The van der Waals surface area contributed by atoms with Crippen molar-refractivity contribution in [3.8, 4) is 11.3 Å². The van der Waals surface area contributed by atoms with Gasteiger partial charge in [-0.25, -0.2) is 4.99 Å². The summed E-state index contributed by atoms with van der Waals surface area (Å²) in [7, 11) is 0. The minimum absolute atomic E-state index is 0.904. The van der Waals surface area contributed by atoms with E-state index >= 15 is 0 Å². The number of rotatable bonds is 3. The average Bonchev–Trinajstić information content (AvgIpc) is 2.55. The molecule has 0 aromatic heterocycles. The topological polar surface area (TPSA) is 39.1 Å². The number of benzene rings is 2. The number of hydrogen-bond donors (Lipinski definition) is 2. The molecule has 2 aliphatic rings. The van der Waals surface area contributed by atoms with Gasteiger partial charge in [-0.1, -0.05) is 0 Å². The largest absolute Gasteiger partial charge is 0.455 e. The van der Waals surface area contributed by atoms with Crippen LogP contribution in [0.4, 0.5) is 5.69 Å². The van der Waals surface area contributed by atoms with E-state index in [1.165, 1.54) is 38.6 Å². The molecule has 0 atom stereocenters. The molecule has 0 saturated carbocycles. The SMILES string of the molecule is CCNc1cc2oc3c(C)c(=[NH+]CC)c(C)cc-3c(C)c2cc1C. The average molecular weight is 323 g/mol. The lowest BCUT2D eigenvalue weighted by atomic mass is 9.94. The Kier molecular flexibility index (Phi) is 4.35. The van der Waals surface area contributed by atoms with Crippen LogP contribution in [-0.4, -0.2) is 13.1 Å². The first-order valence-electron chi connectivity index (χ1n) is 8.76. The Balaban J connectivity index is 2.43. The molecular formula is C21H27N2O+. The Hall–Kier alpha value is -2.29. The second-order valence-corrected chi connectivity index (χ2v) is 6.52. The van der Waals surface area contributed by atoms with Crippen LogP contribution in [0, 0.1) is 27.7 Å². The third kappa shape index (κ3) is 2.58. The molecule has 0 bridgehead atoms. The molecule has 3 rings (SSSR count). The van der Waals surface area contributed by atoms with Gasteiger partial charge in [0, 0.05) is 34.8 Å². The highest BCUT2D eigenvalue weighted by atomic mass is 16.3. The van der Waals surface area contributed by atoms with Crippen molar-refractivity contribution in [2.45, 2.75) is 41.5 Å². The standard InChI is InChI=1S/C21H26N2O/c1-7-22-18-11-19-16(9-12(18)3)14(5)17-10-13(4)20(23-8-2)15(6)21(17)24-19/h9-11,22H,7-8H2,1-6H3/p+1. The second-order valence-electron chi connectivity index (χ2n) is 6.52. The molecule has 1 aromatic rings. The monoisotopic (exact) mass is 323 g/mol. The van der Waals surface area contributed by atoms with E-state index in [2.05, 4.69) is 70.1 Å². The molecule has 24 heavy (non-hydrogen) atoms. The van der Waals surface area contributed by atoms with Crippen molar-refractivity contribution in [3.05, 3.63) is 45.8 Å². The molecule has 1 aliphatic carbocycles. The fourth-order valence-electron chi connectivity index (χ4n) is 3.53. The van der Waals surface area contributed by atoms with Crippen molar-refractivity contribution >= 4 is 16.7 Å². The first kappa shape index (κ1) is 16.6. The number of aryl methyl sites for hydroxylation is 3. The third-order valence-electron chi connectivity index (χ3n) is 4.78. The molecule has 0 radical (unpaired) electrons. The first-order chi connectivity index (χ1) is 11.5. The highest BCUT2D eigenvalue weighted by molar-refractivity contribution is 5.91. The Morgan fingerprint density at radius 2 is 1.71 bits per heavy atom. The van der Waals surface area contributed by atoms with E-state index in [1.54, 1.807) is 0 Å². The summed E-state index contributed by atoms with van der Waals surface area (Å²) in [6, 6.07) is 6.60. The zero-order chi connectivity index (χ0) is 17.4. The number of anilines is 1. The van der Waals surface area contributed by atoms with Crippen LogP contribution in [0.15, 0.2) is 22.6 Å². The maximum atomic E-state index is 6.36. The lowest BCUT2D eigenvalue weighted by molar-refractivity contribution is -0.496. The molecule has 0 saturated heterocycles. The molecule has 126 valence electrons. The van der Waals surface area contributed by atoms with Gasteiger partial charge in [-0.2, -0.15) is 0 Å². The molecule has 0 unspecified atom stereocenters. The summed E-state index contributed by atoms with van der Waals surface area (Å²) < 4.78 is 6.36. The van der Waals surface area contributed by atoms with Crippen LogP contribution < -0.4 is 15.7 Å². The maximum Gasteiger partial charge on any atom is 0.207 e. The van der Waals surface area contributed by atoms with Crippen molar-refractivity contribution in [1.29, 1.82) is 0 Å². The van der Waals surface area contributed by atoms with Crippen molar-refractivity contribution in [2.75, 3.05) is 18.4 Å². The van der Waals surface area contributed by atoms with Gasteiger partial charge in [0.15, 0.2) is 0 Å². The van der Waals surface area contributed by atoms with Crippen LogP contribution in [0.3, 0.4) is 0 Å². The van der Waals surface area contributed by atoms with Gasteiger partial charge in [-0.3, -0.25) is 0 Å². The van der Waals surface area contributed by atoms with Gasteiger partial charge in [0.2, 0.25) is 5.36 Å². The van der Waals surface area contributed by atoms with Gasteiger partial charge in [0.25, 0.3) is 0 Å². The van der Waals surface area contributed by atoms with E-state index in [0.29, 0.717) is 0 Å². The van der Waals surface area contributed by atoms with Crippen LogP contribution in [0.1, 0.15) is 36.1 Å². The molecule has 0 amide bonds. The summed E-state index contributed by atoms with van der Waals surface area (Å²) >= 11 is 0. The molecule has 1 aliphatic heterocycles. The Morgan fingerprint density at radius 3 is 2.38 bits per heavy atom. The van der Waals surface area contributed by atoms with E-state index in [4.69, 9.17) is 4.42 Å². The van der Waals surface area contributed by atoms with Crippen LogP contribution in [0.5, 0.6) is 0 Å². The quantitative estimate of drug-likeness (QED) is 0.727. The van der Waals surface area contributed by atoms with Gasteiger partial charge in [-0.05, 0) is 64.8 Å². The normalized spacial score (nSPS) is 12.3. The predicted molar refractivity (Wildman–Crippen MR) is 101 cm³/mol. The first-order valence-corrected chi connectivity index (χ1v) is 8.76. The predicted octanol–water partition coefficient (Wildman–Crippen LogP) is 3.20. The van der Waals surface area contributed by atoms with Gasteiger partial charge in [0.05, 0.1) is 5.56 Å². The lowest BCUT2D eigenvalue weighted by Gasteiger charge is -2.16. The van der Waals surface area contributed by atoms with Gasteiger partial charge in [-0.15, -0.1) is 0 Å². The third-order valence-corrected chi connectivity index (χ3v) is 4.78. The number of fused-ring (bicyclic) bond motifs is 2. The highest BCUT2D eigenvalue weighted by Crippen LogP contribution is 2.36. The summed E-state index contributed by atoms with van der Waals surface area (Å²) in [5.74, 6) is 0.979. The molecule has 3 nitrogen and oxygen atoms in total. The molecule has 0 fully saturated rings. The van der Waals surface area contributed by atoms with Crippen LogP contribution in [0.2, 0.25) is 0 Å². The van der Waals surface area contributed by atoms with Crippen molar-refractivity contribution in [1.82, 2.24) is 0 Å². The summed E-state index contributed by atoms with van der Waals surface area (Å²) in [5.41, 5.74) is 8.27. The van der Waals surface area contributed by atoms with Crippen molar-refractivity contribution in [3.63, 3.8) is 0 Å². The molecule has 1 heterocycles. The molecule has 0 spiro atoms. The van der Waals surface area contributed by atoms with E-state index in [1.807, 2.05) is 0 Å².